The van der Waals surface area contributed by atoms with E-state index >= 15 is 0 Å². The zero-order chi connectivity index (χ0) is 9.47. The smallest absolute Gasteiger partial charge is 0.00728 e. The molecule has 1 N–H and O–H groups in total. The lowest BCUT2D eigenvalue weighted by Crippen LogP contribution is -2.39. The molecule has 1 nitrogen and oxygen atoms in total. The monoisotopic (exact) mass is 181 g/mol. The maximum absolute atomic E-state index is 3.71. The third kappa shape index (κ3) is 2.46. The van der Waals surface area contributed by atoms with Crippen LogP contribution in [0, 0.1) is 11.3 Å². The van der Waals surface area contributed by atoms with Crippen LogP contribution < -0.4 is 5.32 Å². The standard InChI is InChI=1S/C12H23N/c1-12(2,3)8-9-6-10-4-5-11(7-9)13-10/h9-11,13H,4-8H2,1-3H3/t9?,10-,11+. The summed E-state index contributed by atoms with van der Waals surface area (Å²) >= 11 is 0. The van der Waals surface area contributed by atoms with E-state index in [1.807, 2.05) is 0 Å². The Morgan fingerprint density at radius 1 is 1.08 bits per heavy atom. The van der Waals surface area contributed by atoms with E-state index in [0.717, 1.165) is 18.0 Å². The Bertz CT molecular complexity index is 168. The van der Waals surface area contributed by atoms with Gasteiger partial charge in [0, 0.05) is 12.1 Å². The van der Waals surface area contributed by atoms with Crippen molar-refractivity contribution in [1.82, 2.24) is 5.32 Å². The molecule has 0 radical (unpaired) electrons. The van der Waals surface area contributed by atoms with E-state index in [1.54, 1.807) is 0 Å². The third-order valence-electron chi connectivity index (χ3n) is 3.47. The Kier molecular flexibility index (Phi) is 2.39. The molecule has 2 rings (SSSR count). The van der Waals surface area contributed by atoms with Crippen LogP contribution in [-0.2, 0) is 0 Å². The highest BCUT2D eigenvalue weighted by atomic mass is 15.0. The summed E-state index contributed by atoms with van der Waals surface area (Å²) in [6.07, 6.45) is 7.17. The largest absolute Gasteiger partial charge is 0.311 e. The first kappa shape index (κ1) is 9.51. The summed E-state index contributed by atoms with van der Waals surface area (Å²) in [5, 5.41) is 3.71. The third-order valence-corrected chi connectivity index (χ3v) is 3.47. The van der Waals surface area contributed by atoms with Gasteiger partial charge < -0.3 is 5.32 Å². The van der Waals surface area contributed by atoms with Crippen molar-refractivity contribution in [2.24, 2.45) is 11.3 Å². The molecule has 1 unspecified atom stereocenters. The molecule has 2 fully saturated rings. The molecule has 3 atom stereocenters. The summed E-state index contributed by atoms with van der Waals surface area (Å²) in [5.74, 6) is 0.999. The molecule has 0 aromatic rings. The number of fused-ring (bicyclic) bond motifs is 2. The Hall–Kier alpha value is -0.0400. The van der Waals surface area contributed by atoms with Gasteiger partial charge in [-0.15, -0.1) is 0 Å². The molecule has 0 amide bonds. The van der Waals surface area contributed by atoms with Gasteiger partial charge in [-0.3, -0.25) is 0 Å². The highest BCUT2D eigenvalue weighted by molar-refractivity contribution is 4.92. The van der Waals surface area contributed by atoms with Crippen LogP contribution in [0.1, 0.15) is 52.9 Å². The van der Waals surface area contributed by atoms with Crippen molar-refractivity contribution in [2.45, 2.75) is 65.0 Å². The quantitative estimate of drug-likeness (QED) is 0.656. The number of hydrogen-bond donors (Lipinski definition) is 1. The van der Waals surface area contributed by atoms with Crippen molar-refractivity contribution in [1.29, 1.82) is 0 Å². The minimum absolute atomic E-state index is 0.529. The molecule has 0 saturated carbocycles. The van der Waals surface area contributed by atoms with Crippen molar-refractivity contribution in [3.63, 3.8) is 0 Å². The second kappa shape index (κ2) is 3.27. The van der Waals surface area contributed by atoms with Crippen molar-refractivity contribution in [3.8, 4) is 0 Å². The molecule has 0 aromatic carbocycles. The van der Waals surface area contributed by atoms with E-state index in [4.69, 9.17) is 0 Å². The zero-order valence-electron chi connectivity index (χ0n) is 9.27. The number of hydrogen-bond acceptors (Lipinski definition) is 1. The Labute approximate surface area is 82.3 Å². The van der Waals surface area contributed by atoms with Crippen molar-refractivity contribution >= 4 is 0 Å². The normalized spacial score (nSPS) is 39.5. The number of piperidine rings is 1. The molecule has 0 aromatic heterocycles. The van der Waals surface area contributed by atoms with Crippen molar-refractivity contribution in [2.75, 3.05) is 0 Å². The minimum atomic E-state index is 0.529. The topological polar surface area (TPSA) is 12.0 Å². The number of nitrogens with one attached hydrogen (secondary N) is 1. The SMILES string of the molecule is CC(C)(C)CC1C[C@H]2CC[C@@H](C1)N2. The lowest BCUT2D eigenvalue weighted by molar-refractivity contribution is 0.215. The average molecular weight is 181 g/mol. The molecule has 13 heavy (non-hydrogen) atoms. The molecular formula is C12H23N. The van der Waals surface area contributed by atoms with Gasteiger partial charge in [0.25, 0.3) is 0 Å². The maximum atomic E-state index is 3.71. The van der Waals surface area contributed by atoms with E-state index in [2.05, 4.69) is 26.1 Å². The van der Waals surface area contributed by atoms with E-state index < -0.39 is 0 Å². The molecule has 2 saturated heterocycles. The summed E-state index contributed by atoms with van der Waals surface area (Å²) < 4.78 is 0. The molecule has 2 aliphatic rings. The molecule has 2 aliphatic heterocycles. The van der Waals surface area contributed by atoms with Crippen LogP contribution in [0.25, 0.3) is 0 Å². The highest BCUT2D eigenvalue weighted by Crippen LogP contribution is 2.37. The van der Waals surface area contributed by atoms with E-state index in [-0.39, 0.29) is 0 Å². The first-order valence-electron chi connectivity index (χ1n) is 5.79. The first-order chi connectivity index (χ1) is 6.03. The van der Waals surface area contributed by atoms with Gasteiger partial charge in [0.15, 0.2) is 0 Å². The van der Waals surface area contributed by atoms with Gasteiger partial charge in [-0.25, -0.2) is 0 Å². The van der Waals surface area contributed by atoms with Gasteiger partial charge in [0.2, 0.25) is 0 Å². The van der Waals surface area contributed by atoms with E-state index in [0.29, 0.717) is 5.41 Å². The van der Waals surface area contributed by atoms with E-state index in [1.165, 1.54) is 32.1 Å². The number of rotatable bonds is 1. The lowest BCUT2D eigenvalue weighted by Gasteiger charge is -2.33. The fraction of sp³-hybridized carbons (Fsp3) is 1.00. The molecule has 0 aliphatic carbocycles. The summed E-state index contributed by atoms with van der Waals surface area (Å²) in [4.78, 5) is 0. The van der Waals surface area contributed by atoms with Gasteiger partial charge in [-0.1, -0.05) is 20.8 Å². The van der Waals surface area contributed by atoms with Gasteiger partial charge in [0.05, 0.1) is 0 Å². The average Bonchev–Trinajstić information content (AvgIpc) is 2.27. The van der Waals surface area contributed by atoms with Crippen LogP contribution in [0.2, 0.25) is 0 Å². The molecular weight excluding hydrogens is 158 g/mol. The predicted molar refractivity (Wildman–Crippen MR) is 56.7 cm³/mol. The second-order valence-corrected chi connectivity index (χ2v) is 6.24. The fourth-order valence-electron chi connectivity index (χ4n) is 3.21. The van der Waals surface area contributed by atoms with Crippen LogP contribution >= 0.6 is 0 Å². The van der Waals surface area contributed by atoms with Crippen molar-refractivity contribution in [3.05, 3.63) is 0 Å². The van der Waals surface area contributed by atoms with Gasteiger partial charge in [-0.2, -0.15) is 0 Å². The molecule has 76 valence electrons. The second-order valence-electron chi connectivity index (χ2n) is 6.24. The molecule has 1 heteroatoms. The van der Waals surface area contributed by atoms with Gasteiger partial charge in [0.1, 0.15) is 0 Å². The van der Waals surface area contributed by atoms with Crippen LogP contribution in [0.15, 0.2) is 0 Å². The van der Waals surface area contributed by atoms with Crippen molar-refractivity contribution < 1.29 is 0 Å². The van der Waals surface area contributed by atoms with Crippen LogP contribution in [-0.4, -0.2) is 12.1 Å². The van der Waals surface area contributed by atoms with Crippen LogP contribution in [0.5, 0.6) is 0 Å². The minimum Gasteiger partial charge on any atom is -0.311 e. The van der Waals surface area contributed by atoms with Crippen LogP contribution in [0.4, 0.5) is 0 Å². The zero-order valence-corrected chi connectivity index (χ0v) is 9.27. The van der Waals surface area contributed by atoms with Gasteiger partial charge in [-0.05, 0) is 43.4 Å². The summed E-state index contributed by atoms with van der Waals surface area (Å²) in [5.41, 5.74) is 0.529. The fourth-order valence-corrected chi connectivity index (χ4v) is 3.21. The highest BCUT2D eigenvalue weighted by Gasteiger charge is 2.34. The summed E-state index contributed by atoms with van der Waals surface area (Å²) in [7, 11) is 0. The Morgan fingerprint density at radius 3 is 2.08 bits per heavy atom. The summed E-state index contributed by atoms with van der Waals surface area (Å²) in [6, 6.07) is 1.73. The molecule has 2 heterocycles. The van der Waals surface area contributed by atoms with E-state index in [9.17, 15) is 0 Å². The predicted octanol–water partition coefficient (Wildman–Crippen LogP) is 2.95. The Balaban J connectivity index is 1.88. The van der Waals surface area contributed by atoms with Gasteiger partial charge >= 0.3 is 0 Å². The molecule has 2 bridgehead atoms. The van der Waals surface area contributed by atoms with Crippen LogP contribution in [0.3, 0.4) is 0 Å². The maximum Gasteiger partial charge on any atom is 0.00728 e. The first-order valence-corrected chi connectivity index (χ1v) is 5.79. The Morgan fingerprint density at radius 2 is 1.62 bits per heavy atom. The molecule has 0 spiro atoms. The lowest BCUT2D eigenvalue weighted by atomic mass is 9.79. The summed E-state index contributed by atoms with van der Waals surface area (Å²) in [6.45, 7) is 7.12.